The summed E-state index contributed by atoms with van der Waals surface area (Å²) in [5.74, 6) is 0.923. The predicted molar refractivity (Wildman–Crippen MR) is 124 cm³/mol. The number of carbonyl (C=O) groups excluding carboxylic acids is 2. The monoisotopic (exact) mass is 462 g/mol. The smallest absolute Gasteiger partial charge is 0.261 e. The Morgan fingerprint density at radius 2 is 1.62 bits per heavy atom. The summed E-state index contributed by atoms with van der Waals surface area (Å²) in [6, 6.07) is 11.6. The van der Waals surface area contributed by atoms with Gasteiger partial charge in [-0.1, -0.05) is 36.7 Å². The van der Waals surface area contributed by atoms with Crippen LogP contribution in [0.5, 0.6) is 17.2 Å². The number of benzene rings is 2. The molecule has 0 heterocycles. The number of nitrogens with one attached hydrogen (secondary N) is 1. The van der Waals surface area contributed by atoms with E-state index in [9.17, 15) is 9.59 Å². The number of ether oxygens (including phenoxy) is 3. The van der Waals surface area contributed by atoms with Gasteiger partial charge >= 0.3 is 0 Å². The van der Waals surface area contributed by atoms with Gasteiger partial charge in [-0.25, -0.2) is 0 Å². The van der Waals surface area contributed by atoms with E-state index in [1.807, 2.05) is 32.0 Å². The number of hydrogen-bond donors (Lipinski definition) is 1. The Labute approximate surface area is 194 Å². The highest BCUT2D eigenvalue weighted by molar-refractivity contribution is 6.31. The summed E-state index contributed by atoms with van der Waals surface area (Å²) < 4.78 is 16.2. The highest BCUT2D eigenvalue weighted by Gasteiger charge is 2.27. The molecule has 32 heavy (non-hydrogen) atoms. The number of amides is 2. The molecule has 2 aromatic rings. The molecule has 0 fully saturated rings. The molecular weight excluding hydrogens is 432 g/mol. The summed E-state index contributed by atoms with van der Waals surface area (Å²) >= 11 is 6.31. The molecule has 0 aliphatic heterocycles. The van der Waals surface area contributed by atoms with Crippen LogP contribution in [0.1, 0.15) is 32.8 Å². The number of halogens is 1. The third-order valence-corrected chi connectivity index (χ3v) is 5.52. The Kier molecular flexibility index (Phi) is 9.65. The van der Waals surface area contributed by atoms with Gasteiger partial charge < -0.3 is 24.4 Å². The second kappa shape index (κ2) is 12.2. The normalized spacial score (nSPS) is 12.4. The summed E-state index contributed by atoms with van der Waals surface area (Å²) in [5.41, 5.74) is 0.744. The molecule has 2 rings (SSSR count). The van der Waals surface area contributed by atoms with Crippen LogP contribution in [0.4, 0.5) is 0 Å². The van der Waals surface area contributed by atoms with Crippen LogP contribution in [-0.4, -0.2) is 49.6 Å². The number of rotatable bonds is 11. The van der Waals surface area contributed by atoms with E-state index in [2.05, 4.69) is 5.32 Å². The molecule has 0 aromatic heterocycles. The number of methoxy groups -OCH3 is 2. The van der Waals surface area contributed by atoms with Crippen molar-refractivity contribution in [2.45, 2.75) is 45.8 Å². The van der Waals surface area contributed by atoms with Crippen LogP contribution in [-0.2, 0) is 16.1 Å². The average molecular weight is 463 g/mol. The van der Waals surface area contributed by atoms with E-state index in [0.717, 1.165) is 12.0 Å². The lowest BCUT2D eigenvalue weighted by Crippen LogP contribution is -2.50. The van der Waals surface area contributed by atoms with Gasteiger partial charge in [-0.05, 0) is 31.9 Å². The largest absolute Gasteiger partial charge is 0.496 e. The molecule has 0 bridgehead atoms. The van der Waals surface area contributed by atoms with Crippen molar-refractivity contribution in [3.05, 3.63) is 53.1 Å². The van der Waals surface area contributed by atoms with Crippen LogP contribution >= 0.6 is 11.6 Å². The zero-order valence-electron chi connectivity index (χ0n) is 19.2. The highest BCUT2D eigenvalue weighted by Crippen LogP contribution is 2.27. The maximum atomic E-state index is 13.2. The first kappa shape index (κ1) is 25.3. The number of carbonyl (C=O) groups is 2. The molecule has 2 atom stereocenters. The zero-order chi connectivity index (χ0) is 23.7. The topological polar surface area (TPSA) is 77.1 Å². The van der Waals surface area contributed by atoms with E-state index in [-0.39, 0.29) is 31.0 Å². The lowest BCUT2D eigenvalue weighted by molar-refractivity contribution is -0.142. The average Bonchev–Trinajstić information content (AvgIpc) is 2.81. The Hall–Kier alpha value is -2.93. The minimum absolute atomic E-state index is 0.00251. The molecule has 0 aliphatic carbocycles. The quantitative estimate of drug-likeness (QED) is 0.544. The SMILES string of the molecule is CC[C@@H](C)NC(=O)[C@@H](C)N(Cc1ccccc1Cl)C(=O)COc1cc(OC)cc(OC)c1. The van der Waals surface area contributed by atoms with Crippen molar-refractivity contribution in [1.29, 1.82) is 0 Å². The van der Waals surface area contributed by atoms with E-state index >= 15 is 0 Å². The fraction of sp³-hybridized carbons (Fsp3) is 0.417. The van der Waals surface area contributed by atoms with Crippen molar-refractivity contribution >= 4 is 23.4 Å². The highest BCUT2D eigenvalue weighted by atomic mass is 35.5. The van der Waals surface area contributed by atoms with Gasteiger partial charge in [0.1, 0.15) is 23.3 Å². The van der Waals surface area contributed by atoms with Gasteiger partial charge in [-0.3, -0.25) is 9.59 Å². The molecule has 0 unspecified atom stereocenters. The van der Waals surface area contributed by atoms with Crippen molar-refractivity contribution in [1.82, 2.24) is 10.2 Å². The first-order valence-corrected chi connectivity index (χ1v) is 10.9. The molecule has 1 N–H and O–H groups in total. The number of nitrogens with zero attached hydrogens (tertiary/aromatic N) is 1. The summed E-state index contributed by atoms with van der Waals surface area (Å²) in [5, 5.41) is 3.46. The first-order valence-electron chi connectivity index (χ1n) is 10.5. The molecule has 0 saturated carbocycles. The molecule has 7 nitrogen and oxygen atoms in total. The second-order valence-corrected chi connectivity index (χ2v) is 7.85. The van der Waals surface area contributed by atoms with Crippen LogP contribution in [0.15, 0.2) is 42.5 Å². The lowest BCUT2D eigenvalue weighted by Gasteiger charge is -2.30. The second-order valence-electron chi connectivity index (χ2n) is 7.44. The van der Waals surface area contributed by atoms with Gasteiger partial charge in [-0.2, -0.15) is 0 Å². The van der Waals surface area contributed by atoms with E-state index in [1.54, 1.807) is 31.2 Å². The third-order valence-electron chi connectivity index (χ3n) is 5.15. The van der Waals surface area contributed by atoms with E-state index in [4.69, 9.17) is 25.8 Å². The Balaban J connectivity index is 2.21. The molecule has 0 radical (unpaired) electrons. The van der Waals surface area contributed by atoms with Gasteiger partial charge in [0.2, 0.25) is 5.91 Å². The predicted octanol–water partition coefficient (Wildman–Crippen LogP) is 4.07. The van der Waals surface area contributed by atoms with Crippen LogP contribution in [0, 0.1) is 0 Å². The lowest BCUT2D eigenvalue weighted by atomic mass is 10.1. The fourth-order valence-electron chi connectivity index (χ4n) is 2.95. The van der Waals surface area contributed by atoms with Gasteiger partial charge in [0.25, 0.3) is 5.91 Å². The summed E-state index contributed by atoms with van der Waals surface area (Å²) in [6.07, 6.45) is 0.789. The standard InChI is InChI=1S/C24H31ClN2O5/c1-6-16(2)26-24(29)17(3)27(14-18-9-7-8-10-22(18)25)23(28)15-32-21-12-19(30-4)11-20(13-21)31-5/h7-13,16-17H,6,14-15H2,1-5H3,(H,26,29)/t16-,17-/m1/s1. The maximum Gasteiger partial charge on any atom is 0.261 e. The molecular formula is C24H31ClN2O5. The minimum atomic E-state index is -0.712. The third kappa shape index (κ3) is 7.05. The Bertz CT molecular complexity index is 899. The molecule has 2 amide bonds. The molecule has 2 aromatic carbocycles. The van der Waals surface area contributed by atoms with Gasteiger partial charge in [0.15, 0.2) is 6.61 Å². The van der Waals surface area contributed by atoms with Crippen molar-refractivity contribution < 1.29 is 23.8 Å². The summed E-state index contributed by atoms with van der Waals surface area (Å²) in [4.78, 5) is 27.4. The van der Waals surface area contributed by atoms with Crippen LogP contribution in [0.2, 0.25) is 5.02 Å². The van der Waals surface area contributed by atoms with E-state index < -0.39 is 6.04 Å². The van der Waals surface area contributed by atoms with Crippen molar-refractivity contribution in [3.63, 3.8) is 0 Å². The summed E-state index contributed by atoms with van der Waals surface area (Å²) in [7, 11) is 3.07. The Morgan fingerprint density at radius 1 is 1.03 bits per heavy atom. The van der Waals surface area contributed by atoms with Gasteiger partial charge in [-0.15, -0.1) is 0 Å². The number of hydrogen-bond acceptors (Lipinski definition) is 5. The van der Waals surface area contributed by atoms with Crippen molar-refractivity contribution in [2.24, 2.45) is 0 Å². The fourth-order valence-corrected chi connectivity index (χ4v) is 3.15. The first-order chi connectivity index (χ1) is 15.3. The molecule has 0 aliphatic rings. The minimum Gasteiger partial charge on any atom is -0.496 e. The zero-order valence-corrected chi connectivity index (χ0v) is 19.9. The van der Waals surface area contributed by atoms with Gasteiger partial charge in [0, 0.05) is 35.8 Å². The molecule has 8 heteroatoms. The van der Waals surface area contributed by atoms with Crippen molar-refractivity contribution in [2.75, 3.05) is 20.8 Å². The Morgan fingerprint density at radius 3 is 2.19 bits per heavy atom. The van der Waals surface area contributed by atoms with Crippen LogP contribution < -0.4 is 19.5 Å². The van der Waals surface area contributed by atoms with E-state index in [1.165, 1.54) is 19.1 Å². The summed E-state index contributed by atoms with van der Waals surface area (Å²) in [6.45, 7) is 5.52. The van der Waals surface area contributed by atoms with Crippen LogP contribution in [0.3, 0.4) is 0 Å². The maximum absolute atomic E-state index is 13.2. The molecule has 0 saturated heterocycles. The molecule has 174 valence electrons. The van der Waals surface area contributed by atoms with Crippen LogP contribution in [0.25, 0.3) is 0 Å². The molecule has 0 spiro atoms. The van der Waals surface area contributed by atoms with E-state index in [0.29, 0.717) is 22.3 Å². The van der Waals surface area contributed by atoms with Crippen molar-refractivity contribution in [3.8, 4) is 17.2 Å². The van der Waals surface area contributed by atoms with Gasteiger partial charge in [0.05, 0.1) is 14.2 Å².